The second kappa shape index (κ2) is 14.0. The molecule has 0 radical (unpaired) electrons. The summed E-state index contributed by atoms with van der Waals surface area (Å²) in [6.07, 6.45) is -0.457. The van der Waals surface area contributed by atoms with Crippen LogP contribution in [0.25, 0.3) is 10.8 Å². The number of carbonyl (C=O) groups excluding carboxylic acids is 1. The van der Waals surface area contributed by atoms with Crippen LogP contribution in [0.15, 0.2) is 78.9 Å². The van der Waals surface area contributed by atoms with Crippen LogP contribution in [-0.4, -0.2) is 51.9 Å². The Balaban J connectivity index is 1.40. The molecule has 7 heteroatoms. The first-order valence-corrected chi connectivity index (χ1v) is 11.6. The number of benzene rings is 3. The fourth-order valence-electron chi connectivity index (χ4n) is 3.22. The van der Waals surface area contributed by atoms with Gasteiger partial charge in [-0.2, -0.15) is 0 Å². The van der Waals surface area contributed by atoms with Gasteiger partial charge >= 0.3 is 5.97 Å². The minimum absolute atomic E-state index is 0.193. The molecule has 186 valence electrons. The van der Waals surface area contributed by atoms with Crippen molar-refractivity contribution in [1.29, 1.82) is 0 Å². The van der Waals surface area contributed by atoms with Gasteiger partial charge in [0.05, 0.1) is 26.4 Å². The van der Waals surface area contributed by atoms with Gasteiger partial charge in [0.1, 0.15) is 30.5 Å². The largest absolute Gasteiger partial charge is 0.491 e. The van der Waals surface area contributed by atoms with Gasteiger partial charge in [0.15, 0.2) is 0 Å². The number of hydrogen-bond donors (Lipinski definition) is 0. The first-order valence-electron chi connectivity index (χ1n) is 11.6. The lowest BCUT2D eigenvalue weighted by molar-refractivity contribution is -0.140. The van der Waals surface area contributed by atoms with Crippen LogP contribution in [-0.2, 0) is 19.0 Å². The van der Waals surface area contributed by atoms with Crippen molar-refractivity contribution in [3.05, 3.63) is 78.9 Å². The van der Waals surface area contributed by atoms with E-state index in [-0.39, 0.29) is 6.61 Å². The summed E-state index contributed by atoms with van der Waals surface area (Å²) in [4.78, 5) is 11.3. The molecule has 0 fully saturated rings. The SMILES string of the molecule is C=C(C)C(=O)OCCOCCOCCOc1cccc2c(OC(C)Oc3ccccc3)cccc12. The highest BCUT2D eigenvalue weighted by molar-refractivity contribution is 5.93. The van der Waals surface area contributed by atoms with Crippen LogP contribution in [0.2, 0.25) is 0 Å². The third-order valence-electron chi connectivity index (χ3n) is 4.85. The van der Waals surface area contributed by atoms with Gasteiger partial charge in [-0.1, -0.05) is 49.0 Å². The molecule has 0 aliphatic rings. The van der Waals surface area contributed by atoms with E-state index >= 15 is 0 Å². The van der Waals surface area contributed by atoms with Crippen LogP contribution in [0.4, 0.5) is 0 Å². The summed E-state index contributed by atoms with van der Waals surface area (Å²) >= 11 is 0. The number of carbonyl (C=O) groups is 1. The summed E-state index contributed by atoms with van der Waals surface area (Å²) in [6.45, 7) is 9.14. The van der Waals surface area contributed by atoms with Crippen molar-refractivity contribution in [3.8, 4) is 17.2 Å². The Kier molecular flexibility index (Phi) is 10.4. The molecule has 0 amide bonds. The van der Waals surface area contributed by atoms with Crippen LogP contribution in [0.1, 0.15) is 13.8 Å². The molecule has 0 saturated carbocycles. The van der Waals surface area contributed by atoms with E-state index in [1.54, 1.807) is 6.92 Å². The van der Waals surface area contributed by atoms with E-state index in [2.05, 4.69) is 6.58 Å². The predicted molar refractivity (Wildman–Crippen MR) is 134 cm³/mol. The molecule has 0 aliphatic carbocycles. The Hall–Kier alpha value is -3.55. The average molecular weight is 481 g/mol. The molecule has 0 saturated heterocycles. The van der Waals surface area contributed by atoms with Gasteiger partial charge < -0.3 is 28.4 Å². The first-order chi connectivity index (χ1) is 17.0. The topological polar surface area (TPSA) is 72.5 Å². The van der Waals surface area contributed by atoms with Crippen molar-refractivity contribution in [3.63, 3.8) is 0 Å². The van der Waals surface area contributed by atoms with Crippen LogP contribution in [0.5, 0.6) is 17.2 Å². The van der Waals surface area contributed by atoms with E-state index in [1.165, 1.54) is 0 Å². The third-order valence-corrected chi connectivity index (χ3v) is 4.85. The lowest BCUT2D eigenvalue weighted by Crippen LogP contribution is -2.19. The summed E-state index contributed by atoms with van der Waals surface area (Å²) < 4.78 is 33.7. The highest BCUT2D eigenvalue weighted by Gasteiger charge is 2.11. The van der Waals surface area contributed by atoms with Crippen molar-refractivity contribution >= 4 is 16.7 Å². The molecular weight excluding hydrogens is 448 g/mol. The van der Waals surface area contributed by atoms with Crippen molar-refractivity contribution in [2.24, 2.45) is 0 Å². The smallest absolute Gasteiger partial charge is 0.333 e. The minimum atomic E-state index is -0.457. The van der Waals surface area contributed by atoms with Gasteiger partial charge in [0.2, 0.25) is 6.29 Å². The molecule has 35 heavy (non-hydrogen) atoms. The molecule has 3 aromatic carbocycles. The van der Waals surface area contributed by atoms with Crippen molar-refractivity contribution < 1.29 is 33.2 Å². The molecule has 0 aromatic heterocycles. The molecule has 0 N–H and O–H groups in total. The van der Waals surface area contributed by atoms with E-state index in [0.717, 1.165) is 28.0 Å². The van der Waals surface area contributed by atoms with Crippen LogP contribution < -0.4 is 14.2 Å². The molecule has 0 aliphatic heterocycles. The van der Waals surface area contributed by atoms with Crippen LogP contribution in [0, 0.1) is 0 Å². The summed E-state index contributed by atoms with van der Waals surface area (Å²) in [5.41, 5.74) is 0.370. The van der Waals surface area contributed by atoms with Gasteiger partial charge in [0, 0.05) is 23.3 Å². The van der Waals surface area contributed by atoms with Crippen molar-refractivity contribution in [2.75, 3.05) is 39.6 Å². The van der Waals surface area contributed by atoms with Gasteiger partial charge in [-0.05, 0) is 31.2 Å². The van der Waals surface area contributed by atoms with Crippen molar-refractivity contribution in [2.45, 2.75) is 20.1 Å². The number of ether oxygens (including phenoxy) is 6. The van der Waals surface area contributed by atoms with Crippen LogP contribution >= 0.6 is 0 Å². The van der Waals surface area contributed by atoms with Crippen LogP contribution in [0.3, 0.4) is 0 Å². The lowest BCUT2D eigenvalue weighted by atomic mass is 10.1. The normalized spacial score (nSPS) is 11.6. The number of esters is 1. The monoisotopic (exact) mass is 480 g/mol. The predicted octanol–water partition coefficient (Wildman–Crippen LogP) is 5.17. The standard InChI is InChI=1S/C28H32O7/c1-21(2)28(29)33-20-18-31-16-15-30-17-19-32-26-13-7-12-25-24(26)11-8-14-27(25)35-22(3)34-23-9-5-4-6-10-23/h4-14,22H,1,15-20H2,2-3H3. The number of rotatable bonds is 15. The number of para-hydroxylation sites is 1. The Labute approximate surface area is 206 Å². The fraction of sp³-hybridized carbons (Fsp3) is 0.321. The molecule has 1 unspecified atom stereocenters. The molecule has 3 rings (SSSR count). The van der Waals surface area contributed by atoms with Gasteiger partial charge in [-0.15, -0.1) is 0 Å². The maximum Gasteiger partial charge on any atom is 0.333 e. The molecule has 0 heterocycles. The zero-order valence-corrected chi connectivity index (χ0v) is 20.2. The van der Waals surface area contributed by atoms with E-state index < -0.39 is 12.3 Å². The minimum Gasteiger partial charge on any atom is -0.491 e. The first kappa shape index (κ1) is 26.1. The third kappa shape index (κ3) is 8.63. The van der Waals surface area contributed by atoms with E-state index in [0.29, 0.717) is 38.6 Å². The van der Waals surface area contributed by atoms with E-state index in [4.69, 9.17) is 28.4 Å². The Morgan fingerprint density at radius 3 is 2.03 bits per heavy atom. The summed E-state index contributed by atoms with van der Waals surface area (Å²) in [7, 11) is 0. The van der Waals surface area contributed by atoms with Gasteiger partial charge in [0.25, 0.3) is 0 Å². The highest BCUT2D eigenvalue weighted by atomic mass is 16.7. The summed E-state index contributed by atoms with van der Waals surface area (Å²) in [5, 5.41) is 1.89. The quantitative estimate of drug-likeness (QED) is 0.129. The molecular formula is C28H32O7. The molecule has 3 aromatic rings. The molecule has 7 nitrogen and oxygen atoms in total. The maximum atomic E-state index is 11.3. The van der Waals surface area contributed by atoms with Gasteiger partial charge in [-0.3, -0.25) is 0 Å². The molecule has 1 atom stereocenters. The van der Waals surface area contributed by atoms with E-state index in [1.807, 2.05) is 73.7 Å². The Bertz CT molecular complexity index is 1080. The molecule has 0 bridgehead atoms. The lowest BCUT2D eigenvalue weighted by Gasteiger charge is -2.18. The zero-order valence-electron chi connectivity index (χ0n) is 20.2. The summed E-state index contributed by atoms with van der Waals surface area (Å²) in [5.74, 6) is 1.81. The highest BCUT2D eigenvalue weighted by Crippen LogP contribution is 2.33. The van der Waals surface area contributed by atoms with E-state index in [9.17, 15) is 4.79 Å². The summed E-state index contributed by atoms with van der Waals surface area (Å²) in [6, 6.07) is 21.3. The fourth-order valence-corrected chi connectivity index (χ4v) is 3.22. The Morgan fingerprint density at radius 2 is 1.34 bits per heavy atom. The van der Waals surface area contributed by atoms with Gasteiger partial charge in [-0.25, -0.2) is 4.79 Å². The molecule has 0 spiro atoms. The second-order valence-electron chi connectivity index (χ2n) is 7.71. The zero-order chi connectivity index (χ0) is 24.9. The number of hydrogen-bond acceptors (Lipinski definition) is 7. The second-order valence-corrected chi connectivity index (χ2v) is 7.71. The number of fused-ring (bicyclic) bond motifs is 1. The average Bonchev–Trinajstić information content (AvgIpc) is 2.85. The maximum absolute atomic E-state index is 11.3. The Morgan fingerprint density at radius 1 is 0.743 bits per heavy atom. The van der Waals surface area contributed by atoms with Crippen molar-refractivity contribution in [1.82, 2.24) is 0 Å².